The number of carbonyl (C=O) groups excluding carboxylic acids is 3. The van der Waals surface area contributed by atoms with Gasteiger partial charge >= 0.3 is 5.97 Å². The Morgan fingerprint density at radius 1 is 1.33 bits per heavy atom. The molecule has 144 valence electrons. The minimum Gasteiger partial charge on any atom is -0.462 e. The first-order valence-corrected chi connectivity index (χ1v) is 9.68. The summed E-state index contributed by atoms with van der Waals surface area (Å²) in [5, 5.41) is 7.44. The maximum Gasteiger partial charge on any atom is 0.341 e. The Morgan fingerprint density at radius 2 is 2.11 bits per heavy atom. The number of amides is 2. The lowest BCUT2D eigenvalue weighted by atomic mass is 10.0. The van der Waals surface area contributed by atoms with Crippen molar-refractivity contribution in [1.29, 1.82) is 0 Å². The number of esters is 1. The molecule has 0 atom stereocenters. The fraction of sp³-hybridized carbons (Fsp3) is 0.444. The van der Waals surface area contributed by atoms with Gasteiger partial charge in [0.05, 0.1) is 18.7 Å². The molecule has 0 aromatic carbocycles. The van der Waals surface area contributed by atoms with E-state index >= 15 is 0 Å². The van der Waals surface area contributed by atoms with Crippen molar-refractivity contribution in [2.75, 3.05) is 18.5 Å². The monoisotopic (exact) mass is 390 g/mol. The number of aromatic nitrogens is 2. The van der Waals surface area contributed by atoms with Gasteiger partial charge in [-0.15, -0.1) is 11.3 Å². The highest BCUT2D eigenvalue weighted by atomic mass is 32.1. The summed E-state index contributed by atoms with van der Waals surface area (Å²) >= 11 is 1.31. The van der Waals surface area contributed by atoms with Gasteiger partial charge in [-0.1, -0.05) is 0 Å². The van der Waals surface area contributed by atoms with Crippen LogP contribution in [0.1, 0.15) is 52.1 Å². The van der Waals surface area contributed by atoms with Crippen LogP contribution in [0.3, 0.4) is 0 Å². The van der Waals surface area contributed by atoms with Gasteiger partial charge < -0.3 is 15.0 Å². The molecule has 2 aromatic rings. The summed E-state index contributed by atoms with van der Waals surface area (Å²) in [7, 11) is 0. The number of ether oxygens (including phenoxy) is 1. The topological polar surface area (TPSA) is 93.5 Å². The highest BCUT2D eigenvalue weighted by Gasteiger charge is 2.30. The standard InChI is InChI=1S/C18H22N4O4S/c1-4-22-9-7-13(20-22)16(24)19-17-15(18(25)26-5-2)12-6-8-21(11(3)23)10-14(12)27-17/h7,9H,4-6,8,10H2,1-3H3,(H,19,24). The van der Waals surface area contributed by atoms with Crippen molar-refractivity contribution in [3.05, 3.63) is 34.0 Å². The van der Waals surface area contributed by atoms with Crippen LogP contribution in [0.2, 0.25) is 0 Å². The SMILES string of the molecule is CCOC(=O)c1c(NC(=O)c2ccn(CC)n2)sc2c1CCN(C(C)=O)C2. The third kappa shape index (κ3) is 3.87. The van der Waals surface area contributed by atoms with E-state index in [1.807, 2.05) is 6.92 Å². The molecule has 2 amide bonds. The number of rotatable bonds is 5. The molecule has 0 fully saturated rings. The highest BCUT2D eigenvalue weighted by Crippen LogP contribution is 2.38. The molecular weight excluding hydrogens is 368 g/mol. The minimum atomic E-state index is -0.458. The summed E-state index contributed by atoms with van der Waals surface area (Å²) in [5.41, 5.74) is 1.53. The predicted molar refractivity (Wildman–Crippen MR) is 101 cm³/mol. The van der Waals surface area contributed by atoms with Gasteiger partial charge in [-0.25, -0.2) is 4.79 Å². The van der Waals surface area contributed by atoms with Gasteiger partial charge in [0, 0.05) is 31.1 Å². The Hall–Kier alpha value is -2.68. The second kappa shape index (κ2) is 7.91. The molecule has 0 saturated heterocycles. The zero-order valence-electron chi connectivity index (χ0n) is 15.6. The van der Waals surface area contributed by atoms with E-state index in [0.29, 0.717) is 36.6 Å². The fourth-order valence-electron chi connectivity index (χ4n) is 3.01. The average Bonchev–Trinajstić information content (AvgIpc) is 3.25. The first-order valence-electron chi connectivity index (χ1n) is 8.86. The van der Waals surface area contributed by atoms with Crippen molar-refractivity contribution < 1.29 is 19.1 Å². The number of anilines is 1. The second-order valence-corrected chi connectivity index (χ2v) is 7.23. The van der Waals surface area contributed by atoms with Crippen molar-refractivity contribution >= 4 is 34.1 Å². The lowest BCUT2D eigenvalue weighted by Crippen LogP contribution is -2.34. The van der Waals surface area contributed by atoms with Gasteiger partial charge in [0.1, 0.15) is 5.00 Å². The summed E-state index contributed by atoms with van der Waals surface area (Å²) in [6.45, 7) is 7.08. The summed E-state index contributed by atoms with van der Waals surface area (Å²) in [6.07, 6.45) is 2.28. The highest BCUT2D eigenvalue weighted by molar-refractivity contribution is 7.17. The quantitative estimate of drug-likeness (QED) is 0.791. The second-order valence-electron chi connectivity index (χ2n) is 6.13. The Labute approximate surface area is 161 Å². The largest absolute Gasteiger partial charge is 0.462 e. The molecule has 0 spiro atoms. The molecule has 0 bridgehead atoms. The average molecular weight is 390 g/mol. The Balaban J connectivity index is 1.92. The number of aryl methyl sites for hydroxylation is 1. The third-order valence-corrected chi connectivity index (χ3v) is 5.54. The van der Waals surface area contributed by atoms with Crippen LogP contribution in [0.4, 0.5) is 5.00 Å². The van der Waals surface area contributed by atoms with Gasteiger partial charge in [-0.2, -0.15) is 5.10 Å². The molecule has 8 nitrogen and oxygen atoms in total. The minimum absolute atomic E-state index is 0.0116. The van der Waals surface area contributed by atoms with Crippen LogP contribution in [-0.2, 0) is 29.0 Å². The maximum absolute atomic E-state index is 12.6. The van der Waals surface area contributed by atoms with Gasteiger partial charge in [0.25, 0.3) is 5.91 Å². The summed E-state index contributed by atoms with van der Waals surface area (Å²) in [4.78, 5) is 39.4. The van der Waals surface area contributed by atoms with Crippen LogP contribution in [0.25, 0.3) is 0 Å². The van der Waals surface area contributed by atoms with E-state index in [0.717, 1.165) is 10.4 Å². The van der Waals surface area contributed by atoms with Gasteiger partial charge in [-0.05, 0) is 31.9 Å². The molecule has 3 rings (SSSR count). The van der Waals surface area contributed by atoms with Crippen molar-refractivity contribution in [2.45, 2.75) is 40.3 Å². The molecule has 0 unspecified atom stereocenters. The molecule has 1 aliphatic heterocycles. The van der Waals surface area contributed by atoms with Crippen molar-refractivity contribution in [3.63, 3.8) is 0 Å². The number of hydrogen-bond donors (Lipinski definition) is 1. The molecule has 0 radical (unpaired) electrons. The molecular formula is C18H22N4O4S. The lowest BCUT2D eigenvalue weighted by molar-refractivity contribution is -0.129. The molecule has 1 aliphatic rings. The molecule has 1 N–H and O–H groups in total. The van der Waals surface area contributed by atoms with Crippen LogP contribution in [0.15, 0.2) is 12.3 Å². The van der Waals surface area contributed by atoms with Gasteiger partial charge in [-0.3, -0.25) is 14.3 Å². The Kier molecular flexibility index (Phi) is 5.59. The molecule has 9 heteroatoms. The number of nitrogens with one attached hydrogen (secondary N) is 1. The van der Waals surface area contributed by atoms with E-state index in [1.54, 1.807) is 28.8 Å². The molecule has 27 heavy (non-hydrogen) atoms. The van der Waals surface area contributed by atoms with Gasteiger partial charge in [0.2, 0.25) is 5.91 Å². The molecule has 2 aromatic heterocycles. The van der Waals surface area contributed by atoms with Crippen molar-refractivity contribution in [1.82, 2.24) is 14.7 Å². The predicted octanol–water partition coefficient (Wildman–Crippen LogP) is 2.30. The van der Waals surface area contributed by atoms with Crippen molar-refractivity contribution in [3.8, 4) is 0 Å². The normalized spacial score (nSPS) is 13.2. The Bertz CT molecular complexity index is 886. The smallest absolute Gasteiger partial charge is 0.341 e. The zero-order valence-corrected chi connectivity index (χ0v) is 16.4. The number of nitrogens with zero attached hydrogens (tertiary/aromatic N) is 3. The Morgan fingerprint density at radius 3 is 2.74 bits per heavy atom. The first-order chi connectivity index (χ1) is 12.9. The van der Waals surface area contributed by atoms with Crippen LogP contribution in [-0.4, -0.2) is 45.6 Å². The van der Waals surface area contributed by atoms with Gasteiger partial charge in [0.15, 0.2) is 5.69 Å². The van der Waals surface area contributed by atoms with E-state index in [2.05, 4.69) is 10.4 Å². The summed E-state index contributed by atoms with van der Waals surface area (Å²) in [5.74, 6) is -0.849. The maximum atomic E-state index is 12.6. The lowest BCUT2D eigenvalue weighted by Gasteiger charge is -2.25. The number of fused-ring (bicyclic) bond motifs is 1. The third-order valence-electron chi connectivity index (χ3n) is 4.41. The molecule has 0 aliphatic carbocycles. The van der Waals surface area contributed by atoms with Crippen LogP contribution >= 0.6 is 11.3 Å². The number of carbonyl (C=O) groups is 3. The molecule has 3 heterocycles. The summed E-state index contributed by atoms with van der Waals surface area (Å²) < 4.78 is 6.85. The van der Waals surface area contributed by atoms with E-state index in [4.69, 9.17) is 4.74 Å². The van der Waals surface area contributed by atoms with Crippen LogP contribution < -0.4 is 5.32 Å². The zero-order chi connectivity index (χ0) is 19.6. The van der Waals surface area contributed by atoms with Crippen LogP contribution in [0, 0.1) is 0 Å². The van der Waals surface area contributed by atoms with E-state index in [1.165, 1.54) is 18.3 Å². The molecule has 0 saturated carbocycles. The van der Waals surface area contributed by atoms with E-state index in [9.17, 15) is 14.4 Å². The van der Waals surface area contributed by atoms with E-state index < -0.39 is 5.97 Å². The summed E-state index contributed by atoms with van der Waals surface area (Å²) in [6, 6.07) is 1.63. The number of hydrogen-bond acceptors (Lipinski definition) is 6. The van der Waals surface area contributed by atoms with E-state index in [-0.39, 0.29) is 24.1 Å². The fourth-order valence-corrected chi connectivity index (χ4v) is 4.25. The first kappa shape index (κ1) is 19.1. The number of thiophene rings is 1. The van der Waals surface area contributed by atoms with Crippen molar-refractivity contribution in [2.24, 2.45) is 0 Å². The van der Waals surface area contributed by atoms with Crippen LogP contribution in [0.5, 0.6) is 0 Å².